The summed E-state index contributed by atoms with van der Waals surface area (Å²) in [5, 5.41) is 0. The van der Waals surface area contributed by atoms with Gasteiger partial charge in [0, 0.05) is 26.6 Å². The average molecular weight is 194 g/mol. The van der Waals surface area contributed by atoms with Crippen molar-refractivity contribution >= 4 is 5.84 Å². The van der Waals surface area contributed by atoms with Gasteiger partial charge in [0.1, 0.15) is 5.84 Å². The molecule has 2 fully saturated rings. The maximum absolute atomic E-state index is 4.49. The first-order valence-electron chi connectivity index (χ1n) is 5.90. The summed E-state index contributed by atoms with van der Waals surface area (Å²) >= 11 is 0. The van der Waals surface area contributed by atoms with Crippen LogP contribution in [0.3, 0.4) is 0 Å². The van der Waals surface area contributed by atoms with Gasteiger partial charge in [0.05, 0.1) is 0 Å². The molecule has 3 unspecified atom stereocenters. The Labute approximate surface area is 87.4 Å². The number of rotatable bonds is 0. The van der Waals surface area contributed by atoms with Crippen LogP contribution in [-0.2, 0) is 0 Å². The van der Waals surface area contributed by atoms with Crippen molar-refractivity contribution in [3.8, 4) is 0 Å². The molecule has 2 rings (SSSR count). The van der Waals surface area contributed by atoms with E-state index in [1.807, 2.05) is 7.05 Å². The SMILES string of the molecule is C/N=C1/C2CC(C)CCC2CCN1C. The predicted octanol–water partition coefficient (Wildman–Crippen LogP) is 2.40. The van der Waals surface area contributed by atoms with E-state index < -0.39 is 0 Å². The van der Waals surface area contributed by atoms with Crippen LogP contribution < -0.4 is 0 Å². The summed E-state index contributed by atoms with van der Waals surface area (Å²) in [6.45, 7) is 3.60. The van der Waals surface area contributed by atoms with E-state index in [-0.39, 0.29) is 0 Å². The minimum atomic E-state index is 0.766. The molecule has 0 aromatic heterocycles. The van der Waals surface area contributed by atoms with Gasteiger partial charge in [-0.1, -0.05) is 13.3 Å². The molecular weight excluding hydrogens is 172 g/mol. The van der Waals surface area contributed by atoms with Gasteiger partial charge in [-0.05, 0) is 31.1 Å². The van der Waals surface area contributed by atoms with Crippen LogP contribution in [0.25, 0.3) is 0 Å². The average Bonchev–Trinajstić information content (AvgIpc) is 2.17. The lowest BCUT2D eigenvalue weighted by Gasteiger charge is -2.43. The van der Waals surface area contributed by atoms with E-state index >= 15 is 0 Å². The summed E-state index contributed by atoms with van der Waals surface area (Å²) in [6.07, 6.45) is 5.61. The minimum Gasteiger partial charge on any atom is -0.363 e. The summed E-state index contributed by atoms with van der Waals surface area (Å²) < 4.78 is 0. The van der Waals surface area contributed by atoms with Crippen LogP contribution in [0.2, 0.25) is 0 Å². The highest BCUT2D eigenvalue weighted by Crippen LogP contribution is 2.39. The highest BCUT2D eigenvalue weighted by atomic mass is 15.2. The third-order valence-electron chi connectivity index (χ3n) is 4.04. The molecule has 0 amide bonds. The van der Waals surface area contributed by atoms with Crippen molar-refractivity contribution in [2.75, 3.05) is 20.6 Å². The normalized spacial score (nSPS) is 41.2. The molecule has 1 heterocycles. The first-order chi connectivity index (χ1) is 6.72. The zero-order chi connectivity index (χ0) is 10.1. The fraction of sp³-hybridized carbons (Fsp3) is 0.917. The van der Waals surface area contributed by atoms with Crippen molar-refractivity contribution in [2.45, 2.75) is 32.6 Å². The Bertz CT molecular complexity index is 232. The van der Waals surface area contributed by atoms with Crippen LogP contribution in [-0.4, -0.2) is 31.4 Å². The largest absolute Gasteiger partial charge is 0.363 e. The molecule has 1 saturated carbocycles. The lowest BCUT2D eigenvalue weighted by atomic mass is 9.71. The van der Waals surface area contributed by atoms with E-state index in [4.69, 9.17) is 0 Å². The monoisotopic (exact) mass is 194 g/mol. The third kappa shape index (κ3) is 1.67. The maximum Gasteiger partial charge on any atom is 0.102 e. The second kappa shape index (κ2) is 3.92. The van der Waals surface area contributed by atoms with Crippen LogP contribution in [0, 0.1) is 17.8 Å². The second-order valence-electron chi connectivity index (χ2n) is 5.08. The van der Waals surface area contributed by atoms with Crippen LogP contribution in [0.15, 0.2) is 4.99 Å². The molecule has 14 heavy (non-hydrogen) atoms. The molecule has 0 aromatic carbocycles. The summed E-state index contributed by atoms with van der Waals surface area (Å²) in [7, 11) is 4.14. The number of likely N-dealkylation sites (tertiary alicyclic amines) is 1. The molecular formula is C12H22N2. The molecule has 2 nitrogen and oxygen atoms in total. The van der Waals surface area contributed by atoms with Gasteiger partial charge in [0.15, 0.2) is 0 Å². The fourth-order valence-corrected chi connectivity index (χ4v) is 3.20. The number of nitrogens with zero attached hydrogens (tertiary/aromatic N) is 2. The topological polar surface area (TPSA) is 15.6 Å². The molecule has 2 aliphatic rings. The molecule has 0 bridgehead atoms. The maximum atomic E-state index is 4.49. The molecule has 0 radical (unpaired) electrons. The van der Waals surface area contributed by atoms with Gasteiger partial charge in [-0.3, -0.25) is 4.99 Å². The van der Waals surface area contributed by atoms with E-state index in [1.165, 1.54) is 38.1 Å². The van der Waals surface area contributed by atoms with E-state index in [0.29, 0.717) is 0 Å². The van der Waals surface area contributed by atoms with Gasteiger partial charge in [-0.15, -0.1) is 0 Å². The molecule has 0 aromatic rings. The van der Waals surface area contributed by atoms with Crippen LogP contribution >= 0.6 is 0 Å². The Morgan fingerprint density at radius 1 is 1.29 bits per heavy atom. The van der Waals surface area contributed by atoms with Crippen molar-refractivity contribution in [2.24, 2.45) is 22.7 Å². The van der Waals surface area contributed by atoms with E-state index in [2.05, 4.69) is 23.9 Å². The van der Waals surface area contributed by atoms with Gasteiger partial charge in [-0.25, -0.2) is 0 Å². The first kappa shape index (κ1) is 10.0. The van der Waals surface area contributed by atoms with Crippen molar-refractivity contribution in [1.82, 2.24) is 4.90 Å². The predicted molar refractivity (Wildman–Crippen MR) is 60.6 cm³/mol. The number of fused-ring (bicyclic) bond motifs is 1. The third-order valence-corrected chi connectivity index (χ3v) is 4.04. The number of hydrogen-bond donors (Lipinski definition) is 0. The van der Waals surface area contributed by atoms with Gasteiger partial charge in [-0.2, -0.15) is 0 Å². The minimum absolute atomic E-state index is 0.766. The van der Waals surface area contributed by atoms with Crippen molar-refractivity contribution in [3.05, 3.63) is 0 Å². The van der Waals surface area contributed by atoms with E-state index in [9.17, 15) is 0 Å². The number of amidine groups is 1. The molecule has 80 valence electrons. The summed E-state index contributed by atoms with van der Waals surface area (Å²) in [5.41, 5.74) is 0. The van der Waals surface area contributed by atoms with Crippen molar-refractivity contribution in [3.63, 3.8) is 0 Å². The van der Waals surface area contributed by atoms with Crippen LogP contribution in [0.1, 0.15) is 32.6 Å². The lowest BCUT2D eigenvalue weighted by molar-refractivity contribution is 0.181. The fourth-order valence-electron chi connectivity index (χ4n) is 3.20. The van der Waals surface area contributed by atoms with Crippen LogP contribution in [0.4, 0.5) is 0 Å². The molecule has 1 aliphatic heterocycles. The zero-order valence-electron chi connectivity index (χ0n) is 9.66. The quantitative estimate of drug-likeness (QED) is 0.578. The highest BCUT2D eigenvalue weighted by Gasteiger charge is 2.36. The van der Waals surface area contributed by atoms with Gasteiger partial charge < -0.3 is 4.90 Å². The van der Waals surface area contributed by atoms with Gasteiger partial charge in [0.2, 0.25) is 0 Å². The highest BCUT2D eigenvalue weighted by molar-refractivity contribution is 5.85. The Morgan fingerprint density at radius 3 is 2.79 bits per heavy atom. The summed E-state index contributed by atoms with van der Waals surface area (Å²) in [4.78, 5) is 6.85. The molecule has 0 spiro atoms. The number of piperidine rings is 1. The standard InChI is InChI=1S/C12H22N2/c1-9-4-5-10-6-7-14(3)12(13-2)11(10)8-9/h9-11H,4-8H2,1-3H3/b13-12-. The zero-order valence-corrected chi connectivity index (χ0v) is 9.66. The Balaban J connectivity index is 2.15. The summed E-state index contributed by atoms with van der Waals surface area (Å²) in [6, 6.07) is 0. The first-order valence-corrected chi connectivity index (χ1v) is 5.90. The van der Waals surface area contributed by atoms with Crippen molar-refractivity contribution in [1.29, 1.82) is 0 Å². The smallest absolute Gasteiger partial charge is 0.102 e. The molecule has 3 atom stereocenters. The Hall–Kier alpha value is -0.530. The summed E-state index contributed by atoms with van der Waals surface area (Å²) in [5.74, 6) is 3.97. The lowest BCUT2D eigenvalue weighted by Crippen LogP contribution is -2.45. The van der Waals surface area contributed by atoms with Gasteiger partial charge in [0.25, 0.3) is 0 Å². The molecule has 2 heteroatoms. The van der Waals surface area contributed by atoms with Gasteiger partial charge >= 0.3 is 0 Å². The van der Waals surface area contributed by atoms with E-state index in [1.54, 1.807) is 0 Å². The molecule has 1 aliphatic carbocycles. The molecule has 1 saturated heterocycles. The van der Waals surface area contributed by atoms with Crippen molar-refractivity contribution < 1.29 is 0 Å². The Kier molecular flexibility index (Phi) is 2.80. The number of aliphatic imine (C=N–C) groups is 1. The Morgan fingerprint density at radius 2 is 2.07 bits per heavy atom. The van der Waals surface area contributed by atoms with E-state index in [0.717, 1.165) is 17.8 Å². The molecule has 0 N–H and O–H groups in total. The second-order valence-corrected chi connectivity index (χ2v) is 5.08. The van der Waals surface area contributed by atoms with Crippen LogP contribution in [0.5, 0.6) is 0 Å². The number of hydrogen-bond acceptors (Lipinski definition) is 1.